The maximum atomic E-state index is 13.3. The van der Waals surface area contributed by atoms with E-state index in [9.17, 15) is 9.59 Å². The number of methoxy groups -OCH3 is 1. The quantitative estimate of drug-likeness (QED) is 0.605. The number of ether oxygens (including phenoxy) is 2. The average molecular weight is 431 g/mol. The Balaban J connectivity index is 1.48. The molecule has 3 aliphatic rings. The Hall–Kier alpha value is -2.22. The first kappa shape index (κ1) is 22.0. The van der Waals surface area contributed by atoms with Crippen LogP contribution in [0.15, 0.2) is 6.07 Å². The van der Waals surface area contributed by atoms with Crippen molar-refractivity contribution in [3.63, 3.8) is 0 Å². The zero-order valence-corrected chi connectivity index (χ0v) is 18.6. The van der Waals surface area contributed by atoms with Crippen LogP contribution in [-0.2, 0) is 20.7 Å². The van der Waals surface area contributed by atoms with Gasteiger partial charge in [-0.25, -0.2) is 14.8 Å². The zero-order chi connectivity index (χ0) is 21.8. The number of carbonyl (C=O) groups excluding carboxylic acids is 2. The molecule has 3 fully saturated rings. The van der Waals surface area contributed by atoms with Gasteiger partial charge in [-0.2, -0.15) is 0 Å². The van der Waals surface area contributed by atoms with E-state index in [1.807, 2.05) is 11.0 Å². The maximum Gasteiger partial charge on any atom is 0.406 e. The van der Waals surface area contributed by atoms with Crippen molar-refractivity contribution in [1.82, 2.24) is 20.2 Å². The van der Waals surface area contributed by atoms with E-state index in [1.54, 1.807) is 0 Å². The van der Waals surface area contributed by atoms with Gasteiger partial charge in [-0.15, -0.1) is 0 Å². The van der Waals surface area contributed by atoms with Crippen LogP contribution in [0.3, 0.4) is 0 Å². The van der Waals surface area contributed by atoms with E-state index in [1.165, 1.54) is 7.11 Å². The summed E-state index contributed by atoms with van der Waals surface area (Å²) in [5.41, 5.74) is 1.89. The van der Waals surface area contributed by atoms with Crippen molar-refractivity contribution in [2.45, 2.75) is 88.8 Å². The van der Waals surface area contributed by atoms with Gasteiger partial charge in [-0.3, -0.25) is 4.79 Å². The molecule has 0 unspecified atom stereocenters. The van der Waals surface area contributed by atoms with Crippen LogP contribution >= 0.6 is 0 Å². The molecule has 2 amide bonds. The predicted molar refractivity (Wildman–Crippen MR) is 115 cm³/mol. The molecule has 2 saturated carbocycles. The molecule has 2 aliphatic carbocycles. The summed E-state index contributed by atoms with van der Waals surface area (Å²) in [6, 6.07) is 2.23. The molecule has 0 aromatic carbocycles. The number of alkyl carbamates (subject to hydrolysis) is 1. The first-order valence-electron chi connectivity index (χ1n) is 11.7. The molecule has 170 valence electrons. The van der Waals surface area contributed by atoms with Crippen LogP contribution in [0.5, 0.6) is 0 Å². The summed E-state index contributed by atoms with van der Waals surface area (Å²) in [4.78, 5) is 36.3. The Kier molecular flexibility index (Phi) is 7.05. The molecule has 0 bridgehead atoms. The number of nitrogens with one attached hydrogen (secondary N) is 1. The number of aryl methyl sites for hydroxylation is 1. The Morgan fingerprint density at radius 3 is 2.68 bits per heavy atom. The molecular weight excluding hydrogens is 396 g/mol. The summed E-state index contributed by atoms with van der Waals surface area (Å²) in [6.45, 7) is 3.29. The highest BCUT2D eigenvalue weighted by Gasteiger charge is 2.40. The van der Waals surface area contributed by atoms with Gasteiger partial charge in [0.05, 0.1) is 18.8 Å². The molecule has 1 N–H and O–H groups in total. The molecule has 8 nitrogen and oxygen atoms in total. The minimum absolute atomic E-state index is 0.0991. The highest BCUT2D eigenvalue weighted by atomic mass is 16.5. The van der Waals surface area contributed by atoms with E-state index in [-0.39, 0.29) is 18.1 Å². The first-order chi connectivity index (χ1) is 15.1. The lowest BCUT2D eigenvalue weighted by molar-refractivity contribution is -0.149. The van der Waals surface area contributed by atoms with Crippen molar-refractivity contribution in [1.29, 1.82) is 0 Å². The van der Waals surface area contributed by atoms with Crippen molar-refractivity contribution in [2.24, 2.45) is 0 Å². The van der Waals surface area contributed by atoms with E-state index in [2.05, 4.69) is 17.0 Å². The van der Waals surface area contributed by atoms with Gasteiger partial charge in [0.25, 0.3) is 5.91 Å². The molecule has 1 saturated heterocycles. The van der Waals surface area contributed by atoms with Crippen molar-refractivity contribution in [3.8, 4) is 0 Å². The van der Waals surface area contributed by atoms with Crippen molar-refractivity contribution in [3.05, 3.63) is 23.3 Å². The molecule has 31 heavy (non-hydrogen) atoms. The van der Waals surface area contributed by atoms with Crippen LogP contribution in [0.4, 0.5) is 4.79 Å². The first-order valence-corrected chi connectivity index (χ1v) is 11.7. The normalized spacial score (nSPS) is 21.9. The van der Waals surface area contributed by atoms with Crippen LogP contribution in [0.25, 0.3) is 0 Å². The minimum atomic E-state index is -0.417. The zero-order valence-electron chi connectivity index (χ0n) is 18.6. The molecule has 4 rings (SSSR count). The monoisotopic (exact) mass is 430 g/mol. The van der Waals surface area contributed by atoms with Gasteiger partial charge in [-0.1, -0.05) is 0 Å². The molecule has 1 aromatic rings. The highest BCUT2D eigenvalue weighted by molar-refractivity contribution is 5.82. The van der Waals surface area contributed by atoms with Gasteiger partial charge in [0.2, 0.25) is 0 Å². The summed E-state index contributed by atoms with van der Waals surface area (Å²) in [5, 5.41) is 2.71. The minimum Gasteiger partial charge on any atom is -0.453 e. The van der Waals surface area contributed by atoms with E-state index in [4.69, 9.17) is 14.7 Å². The predicted octanol–water partition coefficient (Wildman–Crippen LogP) is 3.26. The van der Waals surface area contributed by atoms with Gasteiger partial charge in [0.1, 0.15) is 11.9 Å². The molecular formula is C23H34N4O4. The van der Waals surface area contributed by atoms with Gasteiger partial charge in [0.15, 0.2) is 0 Å². The van der Waals surface area contributed by atoms with Crippen LogP contribution in [0.2, 0.25) is 0 Å². The molecule has 8 heteroatoms. The Labute approximate surface area is 184 Å². The summed E-state index contributed by atoms with van der Waals surface area (Å²) < 4.78 is 10.4. The summed E-state index contributed by atoms with van der Waals surface area (Å²) >= 11 is 0. The third-order valence-corrected chi connectivity index (χ3v) is 6.32. The number of hydrogen-bond donors (Lipinski definition) is 1. The number of rotatable bonds is 9. The van der Waals surface area contributed by atoms with Crippen LogP contribution in [0.1, 0.15) is 87.5 Å². The van der Waals surface area contributed by atoms with Crippen molar-refractivity contribution < 1.29 is 19.1 Å². The number of carbonyl (C=O) groups is 2. The fourth-order valence-corrected chi connectivity index (χ4v) is 4.22. The molecule has 0 spiro atoms. The lowest BCUT2D eigenvalue weighted by Gasteiger charge is -2.34. The average Bonchev–Trinajstić information content (AvgIpc) is 3.70. The number of aromatic nitrogens is 2. The summed E-state index contributed by atoms with van der Waals surface area (Å²) in [5.74, 6) is 1.45. The molecule has 2 heterocycles. The lowest BCUT2D eigenvalue weighted by atomic mass is 10.1. The second-order valence-corrected chi connectivity index (χ2v) is 8.95. The summed E-state index contributed by atoms with van der Waals surface area (Å²) in [7, 11) is 1.36. The molecule has 0 radical (unpaired) electrons. The number of amides is 2. The highest BCUT2D eigenvalue weighted by Crippen LogP contribution is 2.40. The third kappa shape index (κ3) is 5.73. The van der Waals surface area contributed by atoms with E-state index in [0.29, 0.717) is 25.1 Å². The van der Waals surface area contributed by atoms with Gasteiger partial charge >= 0.3 is 6.09 Å². The molecule has 1 aliphatic heterocycles. The molecule has 1 aromatic heterocycles. The fourth-order valence-electron chi connectivity index (χ4n) is 4.22. The topological polar surface area (TPSA) is 93.7 Å². The maximum absolute atomic E-state index is 13.3. The second kappa shape index (κ2) is 9.94. The fraction of sp³-hybridized carbons (Fsp3) is 0.739. The van der Waals surface area contributed by atoms with Crippen LogP contribution < -0.4 is 5.32 Å². The van der Waals surface area contributed by atoms with Crippen LogP contribution in [-0.4, -0.2) is 59.3 Å². The molecule has 2 atom stereocenters. The Morgan fingerprint density at radius 1 is 1.23 bits per heavy atom. The third-order valence-electron chi connectivity index (χ3n) is 6.32. The Bertz CT molecular complexity index is 788. The van der Waals surface area contributed by atoms with Crippen LogP contribution in [0, 0.1) is 0 Å². The van der Waals surface area contributed by atoms with Crippen molar-refractivity contribution >= 4 is 12.0 Å². The van der Waals surface area contributed by atoms with Gasteiger partial charge in [-0.05, 0) is 70.8 Å². The largest absolute Gasteiger partial charge is 0.453 e. The van der Waals surface area contributed by atoms with Gasteiger partial charge in [0, 0.05) is 30.8 Å². The second-order valence-electron chi connectivity index (χ2n) is 8.95. The van der Waals surface area contributed by atoms with E-state index in [0.717, 1.165) is 75.0 Å². The van der Waals surface area contributed by atoms with E-state index < -0.39 is 6.09 Å². The van der Waals surface area contributed by atoms with Gasteiger partial charge < -0.3 is 19.7 Å². The number of nitrogens with zero attached hydrogens (tertiary/aromatic N) is 3. The lowest BCUT2D eigenvalue weighted by Crippen LogP contribution is -2.44. The Morgan fingerprint density at radius 2 is 2.03 bits per heavy atom. The summed E-state index contributed by atoms with van der Waals surface area (Å²) in [6.07, 6.45) is 8.03. The van der Waals surface area contributed by atoms with Crippen molar-refractivity contribution in [2.75, 3.05) is 20.3 Å². The smallest absolute Gasteiger partial charge is 0.406 e. The number of hydrogen-bond acceptors (Lipinski definition) is 6. The SMILES string of the molecule is COC(=O)NCCCc1cc([C@@H](C)N(C(=O)[C@H]2CCCCO2)C2CC2)nc(C2CC2)n1. The van der Waals surface area contributed by atoms with E-state index >= 15 is 0 Å². The standard InChI is InChI=1S/C23H34N4O4/c1-15(27(18-10-11-18)22(28)20-7-3-4-13-31-20)19-14-17(6-5-12-24-23(29)30-2)25-21(26-19)16-8-9-16/h14-16,18,20H,3-13H2,1-2H3,(H,24,29)/t15-,20-/m1/s1.